The summed E-state index contributed by atoms with van der Waals surface area (Å²) in [4.78, 5) is 16.0. The van der Waals surface area contributed by atoms with Crippen LogP contribution in [0.2, 0.25) is 0 Å². The van der Waals surface area contributed by atoms with Crippen LogP contribution in [0.1, 0.15) is 0 Å². The molecule has 270 valence electrons. The molecule has 0 aliphatic rings. The van der Waals surface area contributed by atoms with Crippen LogP contribution in [-0.4, -0.2) is 15.0 Å². The highest BCUT2D eigenvalue weighted by molar-refractivity contribution is 6.15. The topological polar surface area (TPSA) is 65.0 Å². The molecule has 0 radical (unpaired) electrons. The quantitative estimate of drug-likeness (QED) is 0.164. The van der Waals surface area contributed by atoms with Crippen LogP contribution < -0.4 is 0 Å². The van der Waals surface area contributed by atoms with Crippen LogP contribution >= 0.6 is 0 Å². The average molecular weight is 742 g/mol. The van der Waals surface area contributed by atoms with E-state index in [0.29, 0.717) is 17.5 Å². The van der Waals surface area contributed by atoms with Crippen molar-refractivity contribution in [2.75, 3.05) is 0 Å². The zero-order chi connectivity index (χ0) is 38.2. The van der Waals surface area contributed by atoms with E-state index in [1.54, 1.807) is 0 Å². The Kier molecular flexibility index (Phi) is 7.16. The third kappa shape index (κ3) is 5.21. The van der Waals surface area contributed by atoms with Crippen LogP contribution in [0.4, 0.5) is 0 Å². The number of hydrogen-bond donors (Lipinski definition) is 0. The van der Waals surface area contributed by atoms with Gasteiger partial charge in [0.15, 0.2) is 17.5 Å². The molecule has 0 amide bonds. The highest BCUT2D eigenvalue weighted by Gasteiger charge is 2.23. The molecule has 12 aromatic rings. The summed E-state index contributed by atoms with van der Waals surface area (Å²) in [6, 6.07) is 65.2. The van der Waals surface area contributed by atoms with Crippen LogP contribution in [0.5, 0.6) is 0 Å². The van der Waals surface area contributed by atoms with Gasteiger partial charge in [-0.15, -0.1) is 0 Å². The van der Waals surface area contributed by atoms with E-state index in [4.69, 9.17) is 23.8 Å². The second-order valence-corrected chi connectivity index (χ2v) is 14.7. The van der Waals surface area contributed by atoms with Gasteiger partial charge in [-0.1, -0.05) is 133 Å². The molecular formula is C53H31N3O2. The Bertz CT molecular complexity index is 3580. The minimum atomic E-state index is 0.563. The lowest BCUT2D eigenvalue weighted by molar-refractivity contribution is 0.668. The summed E-state index contributed by atoms with van der Waals surface area (Å²) in [5.41, 5.74) is 10.2. The fourth-order valence-electron chi connectivity index (χ4n) is 8.55. The molecule has 0 aliphatic heterocycles. The van der Waals surface area contributed by atoms with Crippen LogP contribution in [0.15, 0.2) is 197 Å². The van der Waals surface area contributed by atoms with Crippen molar-refractivity contribution in [3.8, 4) is 56.4 Å². The lowest BCUT2D eigenvalue weighted by Gasteiger charge is -2.14. The third-order valence-corrected chi connectivity index (χ3v) is 11.3. The standard InChI is InChI=1S/C53H31N3O2/c1-2-11-32(12-3-1)34-14-10-15-35(29-34)41-26-28-48-49(43-18-7-9-20-46(43)58-48)50(41)53-55-51(37-23-25-40-36(30-37)22-21-33-13-4-5-16-39(33)40)54-52(56-53)38-24-27-47-44(31-38)42-17-6-8-19-45(42)57-47/h1-31H. The summed E-state index contributed by atoms with van der Waals surface area (Å²) in [6.07, 6.45) is 0. The molecule has 0 bridgehead atoms. The number of fused-ring (bicyclic) bond motifs is 9. The van der Waals surface area contributed by atoms with E-state index in [-0.39, 0.29) is 0 Å². The number of nitrogens with zero attached hydrogens (tertiary/aromatic N) is 3. The molecule has 5 heteroatoms. The Hall–Kier alpha value is -7.89. The predicted octanol–water partition coefficient (Wildman–Crippen LogP) is 14.3. The summed E-state index contributed by atoms with van der Waals surface area (Å²) in [7, 11) is 0. The Labute approximate surface area is 332 Å². The number of benzene rings is 9. The molecule has 12 rings (SSSR count). The molecule has 9 aromatic carbocycles. The van der Waals surface area contributed by atoms with Crippen molar-refractivity contribution in [2.24, 2.45) is 0 Å². The summed E-state index contributed by atoms with van der Waals surface area (Å²) in [5, 5.41) is 8.74. The van der Waals surface area contributed by atoms with E-state index in [9.17, 15) is 0 Å². The van der Waals surface area contributed by atoms with Crippen LogP contribution in [0.3, 0.4) is 0 Å². The first-order valence-electron chi connectivity index (χ1n) is 19.4. The summed E-state index contributed by atoms with van der Waals surface area (Å²) < 4.78 is 12.7. The minimum Gasteiger partial charge on any atom is -0.456 e. The summed E-state index contributed by atoms with van der Waals surface area (Å²) in [6.45, 7) is 0. The third-order valence-electron chi connectivity index (χ3n) is 11.3. The predicted molar refractivity (Wildman–Crippen MR) is 237 cm³/mol. The molecule has 5 nitrogen and oxygen atoms in total. The van der Waals surface area contributed by atoms with E-state index < -0.39 is 0 Å². The van der Waals surface area contributed by atoms with Gasteiger partial charge in [-0.25, -0.2) is 15.0 Å². The number of rotatable bonds is 5. The van der Waals surface area contributed by atoms with Crippen molar-refractivity contribution in [1.82, 2.24) is 15.0 Å². The molecule has 0 unspecified atom stereocenters. The number of para-hydroxylation sites is 2. The summed E-state index contributed by atoms with van der Waals surface area (Å²) in [5.74, 6) is 1.72. The van der Waals surface area contributed by atoms with Crippen LogP contribution in [0.25, 0.3) is 122 Å². The van der Waals surface area contributed by atoms with Gasteiger partial charge in [0.25, 0.3) is 0 Å². The number of aromatic nitrogens is 3. The fourth-order valence-corrected chi connectivity index (χ4v) is 8.55. The Balaban J connectivity index is 1.15. The maximum absolute atomic E-state index is 6.51. The molecule has 58 heavy (non-hydrogen) atoms. The summed E-state index contributed by atoms with van der Waals surface area (Å²) >= 11 is 0. The van der Waals surface area contributed by atoms with Gasteiger partial charge in [0.05, 0.1) is 0 Å². The molecule has 0 fully saturated rings. The van der Waals surface area contributed by atoms with Crippen LogP contribution in [-0.2, 0) is 0 Å². The molecule has 0 atom stereocenters. The second kappa shape index (κ2) is 12.8. The van der Waals surface area contributed by atoms with E-state index in [0.717, 1.165) is 88.2 Å². The molecule has 0 spiro atoms. The van der Waals surface area contributed by atoms with Crippen molar-refractivity contribution in [3.05, 3.63) is 188 Å². The first kappa shape index (κ1) is 32.4. The van der Waals surface area contributed by atoms with Gasteiger partial charge >= 0.3 is 0 Å². The minimum absolute atomic E-state index is 0.563. The molecule has 0 saturated heterocycles. The highest BCUT2D eigenvalue weighted by Crippen LogP contribution is 2.43. The van der Waals surface area contributed by atoms with E-state index in [1.807, 2.05) is 48.5 Å². The maximum Gasteiger partial charge on any atom is 0.165 e. The monoisotopic (exact) mass is 741 g/mol. The van der Waals surface area contributed by atoms with Crippen molar-refractivity contribution < 1.29 is 8.83 Å². The van der Waals surface area contributed by atoms with Crippen LogP contribution in [0, 0.1) is 0 Å². The first-order chi connectivity index (χ1) is 28.7. The lowest BCUT2D eigenvalue weighted by Crippen LogP contribution is -2.01. The van der Waals surface area contributed by atoms with Gasteiger partial charge in [-0.2, -0.15) is 0 Å². The Morgan fingerprint density at radius 1 is 0.293 bits per heavy atom. The Morgan fingerprint density at radius 3 is 1.74 bits per heavy atom. The lowest BCUT2D eigenvalue weighted by atomic mass is 9.92. The average Bonchev–Trinajstić information content (AvgIpc) is 3.87. The van der Waals surface area contributed by atoms with Crippen molar-refractivity contribution >= 4 is 65.4 Å². The molecule has 3 aromatic heterocycles. The zero-order valence-corrected chi connectivity index (χ0v) is 31.1. The highest BCUT2D eigenvalue weighted by atomic mass is 16.3. The van der Waals surface area contributed by atoms with Gasteiger partial charge in [-0.3, -0.25) is 0 Å². The zero-order valence-electron chi connectivity index (χ0n) is 31.1. The van der Waals surface area contributed by atoms with Gasteiger partial charge in [0, 0.05) is 38.2 Å². The van der Waals surface area contributed by atoms with E-state index in [2.05, 4.69) is 140 Å². The Morgan fingerprint density at radius 2 is 0.879 bits per heavy atom. The molecule has 0 N–H and O–H groups in total. The fraction of sp³-hybridized carbons (Fsp3) is 0. The SMILES string of the molecule is c1ccc(-c2cccc(-c3ccc4oc5ccccc5c4c3-c3nc(-c4ccc5c(ccc6ccccc65)c4)nc(-c4ccc5oc6ccccc6c5c4)n3)c2)cc1. The van der Waals surface area contributed by atoms with Gasteiger partial charge in [0.2, 0.25) is 0 Å². The smallest absolute Gasteiger partial charge is 0.165 e. The first-order valence-corrected chi connectivity index (χ1v) is 19.4. The van der Waals surface area contributed by atoms with Gasteiger partial charge in [0.1, 0.15) is 22.3 Å². The van der Waals surface area contributed by atoms with Gasteiger partial charge < -0.3 is 8.83 Å². The second-order valence-electron chi connectivity index (χ2n) is 14.7. The van der Waals surface area contributed by atoms with E-state index in [1.165, 1.54) is 16.2 Å². The number of hydrogen-bond acceptors (Lipinski definition) is 5. The maximum atomic E-state index is 6.51. The molecular weight excluding hydrogens is 711 g/mol. The van der Waals surface area contributed by atoms with Crippen molar-refractivity contribution in [1.29, 1.82) is 0 Å². The molecule has 0 saturated carbocycles. The molecule has 0 aliphatic carbocycles. The molecule has 3 heterocycles. The van der Waals surface area contributed by atoms with Crippen molar-refractivity contribution in [2.45, 2.75) is 0 Å². The largest absolute Gasteiger partial charge is 0.456 e. The van der Waals surface area contributed by atoms with Gasteiger partial charge in [-0.05, 0) is 98.4 Å². The van der Waals surface area contributed by atoms with E-state index >= 15 is 0 Å². The normalized spacial score (nSPS) is 11.8. The number of furan rings is 2. The van der Waals surface area contributed by atoms with Crippen molar-refractivity contribution in [3.63, 3.8) is 0 Å².